The summed E-state index contributed by atoms with van der Waals surface area (Å²) in [6.07, 6.45) is 2.89. The Labute approximate surface area is 184 Å². The van der Waals surface area contributed by atoms with E-state index in [1.54, 1.807) is 24.3 Å². The molecule has 0 saturated carbocycles. The second-order valence-corrected chi connectivity index (χ2v) is 8.12. The maximum absolute atomic E-state index is 12.8. The third-order valence-corrected chi connectivity index (χ3v) is 5.88. The molecule has 164 valence electrons. The molecule has 1 aliphatic rings. The van der Waals surface area contributed by atoms with Crippen molar-refractivity contribution in [2.45, 2.75) is 45.7 Å². The Morgan fingerprint density at radius 2 is 1.58 bits per heavy atom. The van der Waals surface area contributed by atoms with E-state index >= 15 is 0 Å². The van der Waals surface area contributed by atoms with Crippen molar-refractivity contribution in [3.63, 3.8) is 0 Å². The van der Waals surface area contributed by atoms with Gasteiger partial charge in [-0.15, -0.1) is 0 Å². The first-order valence-corrected chi connectivity index (χ1v) is 11.0. The zero-order valence-electron chi connectivity index (χ0n) is 18.3. The zero-order chi connectivity index (χ0) is 22.2. The van der Waals surface area contributed by atoms with E-state index in [4.69, 9.17) is 0 Å². The van der Waals surface area contributed by atoms with E-state index < -0.39 is 6.04 Å². The van der Waals surface area contributed by atoms with Gasteiger partial charge in [0.25, 0.3) is 11.8 Å². The van der Waals surface area contributed by atoms with Crippen LogP contribution in [-0.4, -0.2) is 41.8 Å². The Kier molecular flexibility index (Phi) is 7.82. The Morgan fingerprint density at radius 3 is 2.19 bits per heavy atom. The lowest BCUT2D eigenvalue weighted by Gasteiger charge is -2.23. The molecule has 0 aliphatic carbocycles. The van der Waals surface area contributed by atoms with Gasteiger partial charge in [-0.25, -0.2) is 0 Å². The minimum atomic E-state index is -0.617. The SMILES string of the molecule is CC[C@@H](C)[C@H](NC(=O)c1ccccc1)C(=O)NCc1ccc(C(=O)N2CCCC2)cc1. The van der Waals surface area contributed by atoms with Gasteiger partial charge in [-0.3, -0.25) is 14.4 Å². The summed E-state index contributed by atoms with van der Waals surface area (Å²) in [4.78, 5) is 39.7. The second kappa shape index (κ2) is 10.8. The van der Waals surface area contributed by atoms with E-state index in [1.807, 2.05) is 49.1 Å². The maximum atomic E-state index is 12.8. The predicted molar refractivity (Wildman–Crippen MR) is 121 cm³/mol. The Hall–Kier alpha value is -3.15. The molecule has 2 N–H and O–H groups in total. The van der Waals surface area contributed by atoms with E-state index in [0.29, 0.717) is 17.7 Å². The van der Waals surface area contributed by atoms with Crippen LogP contribution >= 0.6 is 0 Å². The summed E-state index contributed by atoms with van der Waals surface area (Å²) in [6.45, 7) is 5.93. The Balaban J connectivity index is 1.58. The summed E-state index contributed by atoms with van der Waals surface area (Å²) in [7, 11) is 0. The number of rotatable bonds is 8. The highest BCUT2D eigenvalue weighted by molar-refractivity contribution is 5.97. The first kappa shape index (κ1) is 22.5. The van der Waals surface area contributed by atoms with Crippen molar-refractivity contribution in [3.8, 4) is 0 Å². The minimum Gasteiger partial charge on any atom is -0.350 e. The van der Waals surface area contributed by atoms with Crippen LogP contribution in [0.5, 0.6) is 0 Å². The molecule has 6 nitrogen and oxygen atoms in total. The number of hydrogen-bond donors (Lipinski definition) is 2. The number of benzene rings is 2. The molecule has 2 aromatic rings. The molecular formula is C25H31N3O3. The number of nitrogens with zero attached hydrogens (tertiary/aromatic N) is 1. The van der Waals surface area contributed by atoms with Gasteiger partial charge in [0.15, 0.2) is 0 Å². The van der Waals surface area contributed by atoms with Gasteiger partial charge in [-0.1, -0.05) is 50.6 Å². The summed E-state index contributed by atoms with van der Waals surface area (Å²) >= 11 is 0. The molecular weight excluding hydrogens is 390 g/mol. The lowest BCUT2D eigenvalue weighted by Crippen LogP contribution is -2.50. The molecule has 0 unspecified atom stereocenters. The smallest absolute Gasteiger partial charge is 0.253 e. The van der Waals surface area contributed by atoms with Gasteiger partial charge in [-0.05, 0) is 48.6 Å². The highest BCUT2D eigenvalue weighted by Crippen LogP contribution is 2.14. The van der Waals surface area contributed by atoms with E-state index in [2.05, 4.69) is 10.6 Å². The van der Waals surface area contributed by atoms with Crippen molar-refractivity contribution < 1.29 is 14.4 Å². The third kappa shape index (κ3) is 5.94. The molecule has 6 heteroatoms. The van der Waals surface area contributed by atoms with Crippen molar-refractivity contribution in [3.05, 3.63) is 71.3 Å². The first-order valence-electron chi connectivity index (χ1n) is 11.0. The Morgan fingerprint density at radius 1 is 0.935 bits per heavy atom. The van der Waals surface area contributed by atoms with E-state index in [1.165, 1.54) is 0 Å². The van der Waals surface area contributed by atoms with Crippen LogP contribution < -0.4 is 10.6 Å². The molecule has 1 saturated heterocycles. The summed E-state index contributed by atoms with van der Waals surface area (Å²) < 4.78 is 0. The molecule has 0 bridgehead atoms. The molecule has 2 atom stereocenters. The van der Waals surface area contributed by atoms with Crippen LogP contribution in [0.1, 0.15) is 59.4 Å². The number of likely N-dealkylation sites (tertiary alicyclic amines) is 1. The molecule has 3 rings (SSSR count). The van der Waals surface area contributed by atoms with E-state index in [9.17, 15) is 14.4 Å². The standard InChI is InChI=1S/C25H31N3O3/c1-3-18(2)22(27-23(29)20-9-5-4-6-10-20)24(30)26-17-19-11-13-21(14-12-19)25(31)28-15-7-8-16-28/h4-6,9-14,18,22H,3,7-8,15-17H2,1-2H3,(H,26,30)(H,27,29)/t18-,22+/m1/s1. The average Bonchev–Trinajstić information content (AvgIpc) is 3.36. The fraction of sp³-hybridized carbons (Fsp3) is 0.400. The van der Waals surface area contributed by atoms with Crippen LogP contribution in [0.4, 0.5) is 0 Å². The van der Waals surface area contributed by atoms with E-state index in [0.717, 1.165) is 37.9 Å². The summed E-state index contributed by atoms with van der Waals surface area (Å²) in [5.74, 6) is -0.414. The van der Waals surface area contributed by atoms with Crippen LogP contribution in [0.3, 0.4) is 0 Å². The van der Waals surface area contributed by atoms with Gasteiger partial charge in [0.05, 0.1) is 0 Å². The van der Waals surface area contributed by atoms with E-state index in [-0.39, 0.29) is 23.6 Å². The number of amides is 3. The van der Waals surface area contributed by atoms with Crippen LogP contribution in [0, 0.1) is 5.92 Å². The molecule has 31 heavy (non-hydrogen) atoms. The van der Waals surface area contributed by atoms with Gasteiger partial charge in [0.1, 0.15) is 6.04 Å². The van der Waals surface area contributed by atoms with Gasteiger partial charge >= 0.3 is 0 Å². The molecule has 0 radical (unpaired) electrons. The predicted octanol–water partition coefficient (Wildman–Crippen LogP) is 3.38. The maximum Gasteiger partial charge on any atom is 0.253 e. The monoisotopic (exact) mass is 421 g/mol. The number of hydrogen-bond acceptors (Lipinski definition) is 3. The van der Waals surface area contributed by atoms with Crippen molar-refractivity contribution in [1.82, 2.24) is 15.5 Å². The fourth-order valence-corrected chi connectivity index (χ4v) is 3.68. The highest BCUT2D eigenvalue weighted by atomic mass is 16.2. The summed E-state index contributed by atoms with van der Waals surface area (Å²) in [6, 6.07) is 15.6. The number of carbonyl (C=O) groups is 3. The molecule has 0 spiro atoms. The van der Waals surface area contributed by atoms with Crippen LogP contribution in [0.25, 0.3) is 0 Å². The minimum absolute atomic E-state index is 0.00637. The average molecular weight is 422 g/mol. The van der Waals surface area contributed by atoms with Gasteiger partial charge in [0, 0.05) is 30.8 Å². The number of nitrogens with one attached hydrogen (secondary N) is 2. The van der Waals surface area contributed by atoms with Crippen LogP contribution in [0.15, 0.2) is 54.6 Å². The van der Waals surface area contributed by atoms with Crippen molar-refractivity contribution in [1.29, 1.82) is 0 Å². The topological polar surface area (TPSA) is 78.5 Å². The van der Waals surface area contributed by atoms with Crippen molar-refractivity contribution >= 4 is 17.7 Å². The quantitative estimate of drug-likeness (QED) is 0.686. The molecule has 1 heterocycles. The molecule has 1 fully saturated rings. The zero-order valence-corrected chi connectivity index (χ0v) is 18.3. The molecule has 1 aliphatic heterocycles. The molecule has 0 aromatic heterocycles. The fourth-order valence-electron chi connectivity index (χ4n) is 3.68. The second-order valence-electron chi connectivity index (χ2n) is 8.12. The Bertz CT molecular complexity index is 890. The summed E-state index contributed by atoms with van der Waals surface area (Å²) in [5.41, 5.74) is 2.11. The van der Waals surface area contributed by atoms with Crippen molar-refractivity contribution in [2.24, 2.45) is 5.92 Å². The third-order valence-electron chi connectivity index (χ3n) is 5.88. The molecule has 3 amide bonds. The van der Waals surface area contributed by atoms with Gasteiger partial charge in [-0.2, -0.15) is 0 Å². The van der Waals surface area contributed by atoms with Crippen molar-refractivity contribution in [2.75, 3.05) is 13.1 Å². The van der Waals surface area contributed by atoms with Gasteiger partial charge in [0.2, 0.25) is 5.91 Å². The van der Waals surface area contributed by atoms with Gasteiger partial charge < -0.3 is 15.5 Å². The van der Waals surface area contributed by atoms with Crippen LogP contribution in [0.2, 0.25) is 0 Å². The number of carbonyl (C=O) groups excluding carboxylic acids is 3. The summed E-state index contributed by atoms with van der Waals surface area (Å²) in [5, 5.41) is 5.80. The molecule has 2 aromatic carbocycles. The lowest BCUT2D eigenvalue weighted by molar-refractivity contribution is -0.124. The largest absolute Gasteiger partial charge is 0.350 e. The first-order chi connectivity index (χ1) is 15.0. The highest BCUT2D eigenvalue weighted by Gasteiger charge is 2.26. The normalized spacial score (nSPS) is 15.2. The van der Waals surface area contributed by atoms with Crippen LogP contribution in [-0.2, 0) is 11.3 Å². The lowest BCUT2D eigenvalue weighted by atomic mass is 9.97.